The predicted octanol–water partition coefficient (Wildman–Crippen LogP) is 2.17. The van der Waals surface area contributed by atoms with E-state index < -0.39 is 11.0 Å². The number of nitrogens with one attached hydrogen (secondary N) is 1. The third kappa shape index (κ3) is 3.40. The summed E-state index contributed by atoms with van der Waals surface area (Å²) in [4.78, 5) is 0.874. The van der Waals surface area contributed by atoms with E-state index in [0.717, 1.165) is 30.6 Å². The molecule has 0 spiro atoms. The highest BCUT2D eigenvalue weighted by molar-refractivity contribution is 7.83. The van der Waals surface area contributed by atoms with Crippen molar-refractivity contribution in [2.24, 2.45) is 0 Å². The minimum atomic E-state index is -1.52. The van der Waals surface area contributed by atoms with Crippen molar-refractivity contribution in [2.45, 2.75) is 56.6 Å². The first-order valence-electron chi connectivity index (χ1n) is 6.55. The second-order valence-electron chi connectivity index (χ2n) is 5.20. The molecule has 0 bridgehead atoms. The van der Waals surface area contributed by atoms with Crippen LogP contribution in [0.2, 0.25) is 0 Å². The van der Waals surface area contributed by atoms with E-state index in [0.29, 0.717) is 0 Å². The second kappa shape index (κ2) is 5.95. The molecule has 1 atom stereocenters. The average Bonchev–Trinajstić information content (AvgIpc) is 2.35. The lowest BCUT2D eigenvalue weighted by atomic mass is 9.94. The van der Waals surface area contributed by atoms with Crippen molar-refractivity contribution in [2.75, 3.05) is 0 Å². The van der Waals surface area contributed by atoms with Crippen LogP contribution in [-0.4, -0.2) is 17.3 Å². The molecule has 0 amide bonds. The maximum atomic E-state index is 12.2. The highest BCUT2D eigenvalue weighted by Gasteiger charge is 2.23. The number of benzene rings is 1. The van der Waals surface area contributed by atoms with Crippen molar-refractivity contribution < 1.29 is 9.32 Å². The summed E-state index contributed by atoms with van der Waals surface area (Å²) in [5, 5.41) is 9.44. The van der Waals surface area contributed by atoms with Crippen LogP contribution < -0.4 is 4.72 Å². The molecule has 1 aromatic carbocycles. The summed E-state index contributed by atoms with van der Waals surface area (Å²) < 4.78 is 15.4. The molecule has 1 fully saturated rings. The molecular formula is C14H22NO2S+. The molecule has 0 aromatic heterocycles. The smallest absolute Gasteiger partial charge is 0.175 e. The highest BCUT2D eigenvalue weighted by atomic mass is 32.2. The molecule has 100 valence electrons. The van der Waals surface area contributed by atoms with Crippen molar-refractivity contribution in [1.29, 1.82) is 0 Å². The van der Waals surface area contributed by atoms with E-state index >= 15 is 0 Å². The zero-order valence-corrected chi connectivity index (χ0v) is 11.9. The molecule has 2 rings (SSSR count). The molecular weight excluding hydrogens is 246 g/mol. The number of hydrogen-bond donors (Lipinski definition) is 2. The standard InChI is InChI=1S/C14H21NO2S/c1-10-3-8-14(9-11(10)2)18(17)15-12-4-6-13(16)7-5-12/h3,8-9,12-13,16H,4-7H2,1-2H3,(H,15,17)/p+1. The lowest BCUT2D eigenvalue weighted by Gasteiger charge is -2.23. The van der Waals surface area contributed by atoms with Gasteiger partial charge in [-0.15, -0.1) is 4.72 Å². The van der Waals surface area contributed by atoms with Gasteiger partial charge in [-0.05, 0) is 62.8 Å². The van der Waals surface area contributed by atoms with Crippen LogP contribution in [0.5, 0.6) is 0 Å². The van der Waals surface area contributed by atoms with E-state index in [1.165, 1.54) is 11.1 Å². The van der Waals surface area contributed by atoms with Crippen LogP contribution in [0.15, 0.2) is 23.1 Å². The number of thiol groups is 1. The van der Waals surface area contributed by atoms with Crippen molar-refractivity contribution in [3.05, 3.63) is 29.3 Å². The van der Waals surface area contributed by atoms with Crippen molar-refractivity contribution in [3.63, 3.8) is 0 Å². The first kappa shape index (κ1) is 13.7. The molecule has 1 aliphatic rings. The minimum absolute atomic E-state index is 0.164. The third-order valence-electron chi connectivity index (χ3n) is 3.72. The van der Waals surface area contributed by atoms with Gasteiger partial charge in [-0.25, -0.2) is 0 Å². The van der Waals surface area contributed by atoms with Gasteiger partial charge in [-0.2, -0.15) is 0 Å². The normalized spacial score (nSPS) is 25.9. The number of rotatable bonds is 3. The molecule has 4 heteroatoms. The Labute approximate surface area is 111 Å². The van der Waals surface area contributed by atoms with Gasteiger partial charge < -0.3 is 5.11 Å². The molecule has 0 aliphatic heterocycles. The third-order valence-corrected chi connectivity index (χ3v) is 5.07. The summed E-state index contributed by atoms with van der Waals surface area (Å²) in [5.41, 5.74) is 2.40. The second-order valence-corrected chi connectivity index (χ2v) is 6.56. The van der Waals surface area contributed by atoms with Crippen LogP contribution in [0.25, 0.3) is 0 Å². The maximum absolute atomic E-state index is 12.2. The van der Waals surface area contributed by atoms with Crippen LogP contribution in [0.1, 0.15) is 36.8 Å². The van der Waals surface area contributed by atoms with Gasteiger partial charge >= 0.3 is 0 Å². The molecule has 0 saturated heterocycles. The first-order chi connectivity index (χ1) is 8.56. The van der Waals surface area contributed by atoms with E-state index in [4.69, 9.17) is 0 Å². The van der Waals surface area contributed by atoms with Gasteiger partial charge in [0.25, 0.3) is 0 Å². The Morgan fingerprint density at radius 2 is 1.83 bits per heavy atom. The first-order valence-corrected chi connectivity index (χ1v) is 7.81. The predicted molar refractivity (Wildman–Crippen MR) is 75.0 cm³/mol. The molecule has 1 aliphatic carbocycles. The Hall–Kier alpha value is -0.710. The molecule has 1 unspecified atom stereocenters. The summed E-state index contributed by atoms with van der Waals surface area (Å²) >= 11 is 0. The Kier molecular flexibility index (Phi) is 4.54. The quantitative estimate of drug-likeness (QED) is 0.652. The van der Waals surface area contributed by atoms with Gasteiger partial charge in [0.15, 0.2) is 15.9 Å². The zero-order chi connectivity index (χ0) is 13.1. The van der Waals surface area contributed by atoms with Gasteiger partial charge in [-0.1, -0.05) is 10.3 Å². The Morgan fingerprint density at radius 1 is 1.17 bits per heavy atom. The number of aryl methyl sites for hydroxylation is 2. The van der Waals surface area contributed by atoms with Crippen LogP contribution in [0.3, 0.4) is 0 Å². The molecule has 2 N–H and O–H groups in total. The summed E-state index contributed by atoms with van der Waals surface area (Å²) in [7, 11) is -1.52. The summed E-state index contributed by atoms with van der Waals surface area (Å²) in [6, 6.07) is 6.23. The number of aliphatic hydroxyl groups is 1. The van der Waals surface area contributed by atoms with E-state index in [-0.39, 0.29) is 12.1 Å². The van der Waals surface area contributed by atoms with Gasteiger partial charge in [0.2, 0.25) is 0 Å². The zero-order valence-electron chi connectivity index (χ0n) is 11.0. The Morgan fingerprint density at radius 3 is 2.44 bits per heavy atom. The molecule has 0 radical (unpaired) electrons. The van der Waals surface area contributed by atoms with E-state index in [9.17, 15) is 9.32 Å². The number of hydrogen-bond acceptors (Lipinski definition) is 2. The monoisotopic (exact) mass is 268 g/mol. The van der Waals surface area contributed by atoms with Crippen LogP contribution >= 0.6 is 0 Å². The van der Waals surface area contributed by atoms with Gasteiger partial charge in [0, 0.05) is 0 Å². The van der Waals surface area contributed by atoms with Gasteiger partial charge in [0.05, 0.1) is 12.1 Å². The van der Waals surface area contributed by atoms with E-state index in [1.54, 1.807) is 0 Å². The lowest BCUT2D eigenvalue weighted by Crippen LogP contribution is -2.35. The van der Waals surface area contributed by atoms with Crippen LogP contribution in [0.4, 0.5) is 0 Å². The van der Waals surface area contributed by atoms with Gasteiger partial charge in [-0.3, -0.25) is 0 Å². The Balaban J connectivity index is 1.97. The lowest BCUT2D eigenvalue weighted by molar-refractivity contribution is 0.121. The largest absolute Gasteiger partial charge is 0.393 e. The van der Waals surface area contributed by atoms with Crippen molar-refractivity contribution >= 4 is 11.0 Å². The average molecular weight is 268 g/mol. The SMILES string of the molecule is Cc1ccc([SH+](=O)NC2CCC(O)CC2)cc1C. The molecule has 18 heavy (non-hydrogen) atoms. The van der Waals surface area contributed by atoms with Gasteiger partial charge in [0.1, 0.15) is 0 Å². The van der Waals surface area contributed by atoms with Crippen molar-refractivity contribution in [3.8, 4) is 0 Å². The maximum Gasteiger partial charge on any atom is 0.175 e. The van der Waals surface area contributed by atoms with E-state index in [2.05, 4.69) is 11.6 Å². The van der Waals surface area contributed by atoms with Crippen LogP contribution in [0, 0.1) is 13.8 Å². The topological polar surface area (TPSA) is 49.3 Å². The number of aliphatic hydroxyl groups excluding tert-OH is 1. The molecule has 1 aromatic rings. The highest BCUT2D eigenvalue weighted by Crippen LogP contribution is 2.20. The van der Waals surface area contributed by atoms with E-state index in [1.807, 2.05) is 25.1 Å². The Bertz CT molecular complexity index is 439. The summed E-state index contributed by atoms with van der Waals surface area (Å²) in [6.45, 7) is 4.10. The minimum Gasteiger partial charge on any atom is -0.393 e. The molecule has 3 nitrogen and oxygen atoms in total. The summed E-state index contributed by atoms with van der Waals surface area (Å²) in [6.07, 6.45) is 3.28. The fourth-order valence-electron chi connectivity index (χ4n) is 2.30. The van der Waals surface area contributed by atoms with Crippen LogP contribution in [-0.2, 0) is 15.2 Å². The summed E-state index contributed by atoms with van der Waals surface area (Å²) in [5.74, 6) is 0. The molecule has 1 saturated carbocycles. The fraction of sp³-hybridized carbons (Fsp3) is 0.571. The fourth-order valence-corrected chi connectivity index (χ4v) is 3.56. The molecule has 0 heterocycles. The van der Waals surface area contributed by atoms with Crippen molar-refractivity contribution in [1.82, 2.24) is 4.72 Å².